The molecule has 0 radical (unpaired) electrons. The summed E-state index contributed by atoms with van der Waals surface area (Å²) in [6.45, 7) is 3.07. The number of carboxylic acids is 1. The van der Waals surface area contributed by atoms with Gasteiger partial charge in [-0.2, -0.15) is 0 Å². The summed E-state index contributed by atoms with van der Waals surface area (Å²) < 4.78 is 0. The van der Waals surface area contributed by atoms with Gasteiger partial charge in [0.25, 0.3) is 0 Å². The van der Waals surface area contributed by atoms with Crippen molar-refractivity contribution in [3.8, 4) is 0 Å². The molecule has 3 nitrogen and oxygen atoms in total. The Balaban J connectivity index is 2.60. The maximum atomic E-state index is 11.0. The summed E-state index contributed by atoms with van der Waals surface area (Å²) in [5.41, 5.74) is -0.123. The van der Waals surface area contributed by atoms with Gasteiger partial charge in [-0.25, -0.2) is 0 Å². The largest absolute Gasteiger partial charge is 0.481 e. The number of nitrogens with one attached hydrogen (secondary N) is 1. The van der Waals surface area contributed by atoms with Gasteiger partial charge in [-0.1, -0.05) is 39.0 Å². The second-order valence-corrected chi connectivity index (χ2v) is 5.05. The molecule has 16 heavy (non-hydrogen) atoms. The van der Waals surface area contributed by atoms with Crippen molar-refractivity contribution in [2.45, 2.75) is 70.3 Å². The third-order valence-corrected chi connectivity index (χ3v) is 3.55. The Bertz CT molecular complexity index is 202. The van der Waals surface area contributed by atoms with E-state index in [1.165, 1.54) is 32.1 Å². The van der Waals surface area contributed by atoms with E-state index in [4.69, 9.17) is 5.11 Å². The molecule has 94 valence electrons. The first-order chi connectivity index (χ1) is 7.68. The predicted octanol–water partition coefficient (Wildman–Crippen LogP) is 2.94. The summed E-state index contributed by atoms with van der Waals surface area (Å²) in [7, 11) is 0. The minimum absolute atomic E-state index is 0.123. The first-order valence-corrected chi connectivity index (χ1v) is 6.65. The van der Waals surface area contributed by atoms with Crippen molar-refractivity contribution in [2.24, 2.45) is 0 Å². The van der Waals surface area contributed by atoms with Gasteiger partial charge in [0.2, 0.25) is 0 Å². The molecule has 0 unspecified atom stereocenters. The smallest absolute Gasteiger partial charge is 0.305 e. The van der Waals surface area contributed by atoms with Crippen molar-refractivity contribution in [1.82, 2.24) is 5.32 Å². The average molecular weight is 227 g/mol. The van der Waals surface area contributed by atoms with E-state index in [2.05, 4.69) is 12.2 Å². The SMILES string of the molecule is CCCNC1(CC(=O)O)CCCCCCC1. The van der Waals surface area contributed by atoms with Crippen molar-refractivity contribution in [1.29, 1.82) is 0 Å². The molecular formula is C13H25NO2. The van der Waals surface area contributed by atoms with Crippen LogP contribution in [0.5, 0.6) is 0 Å². The van der Waals surface area contributed by atoms with E-state index in [1.54, 1.807) is 0 Å². The van der Waals surface area contributed by atoms with E-state index in [-0.39, 0.29) is 12.0 Å². The van der Waals surface area contributed by atoms with Crippen LogP contribution in [-0.4, -0.2) is 23.2 Å². The third-order valence-electron chi connectivity index (χ3n) is 3.55. The van der Waals surface area contributed by atoms with Gasteiger partial charge < -0.3 is 10.4 Å². The molecule has 1 fully saturated rings. The molecule has 0 amide bonds. The molecule has 3 heteroatoms. The quantitative estimate of drug-likeness (QED) is 0.759. The first-order valence-electron chi connectivity index (χ1n) is 6.65. The minimum Gasteiger partial charge on any atom is -0.481 e. The van der Waals surface area contributed by atoms with Crippen LogP contribution >= 0.6 is 0 Å². The lowest BCUT2D eigenvalue weighted by molar-refractivity contribution is -0.139. The molecule has 0 atom stereocenters. The molecule has 0 aliphatic heterocycles. The van der Waals surface area contributed by atoms with Gasteiger partial charge in [0.1, 0.15) is 0 Å². The van der Waals surface area contributed by atoms with Crippen molar-refractivity contribution in [3.63, 3.8) is 0 Å². The Kier molecular flexibility index (Phi) is 5.81. The molecular weight excluding hydrogens is 202 g/mol. The molecule has 1 rings (SSSR count). The topological polar surface area (TPSA) is 49.3 Å². The fraction of sp³-hybridized carbons (Fsp3) is 0.923. The lowest BCUT2D eigenvalue weighted by Gasteiger charge is -2.35. The molecule has 2 N–H and O–H groups in total. The highest BCUT2D eigenvalue weighted by molar-refractivity contribution is 5.68. The predicted molar refractivity (Wildman–Crippen MR) is 65.6 cm³/mol. The zero-order valence-electron chi connectivity index (χ0n) is 10.4. The summed E-state index contributed by atoms with van der Waals surface area (Å²) in [4.78, 5) is 11.0. The van der Waals surface area contributed by atoms with Crippen molar-refractivity contribution in [2.75, 3.05) is 6.54 Å². The van der Waals surface area contributed by atoms with Crippen LogP contribution in [0.2, 0.25) is 0 Å². The van der Waals surface area contributed by atoms with Gasteiger partial charge in [-0.15, -0.1) is 0 Å². The Morgan fingerprint density at radius 2 is 1.75 bits per heavy atom. The van der Waals surface area contributed by atoms with Crippen LogP contribution in [0.1, 0.15) is 64.7 Å². The van der Waals surface area contributed by atoms with Crippen LogP contribution in [-0.2, 0) is 4.79 Å². The highest BCUT2D eigenvalue weighted by Crippen LogP contribution is 2.29. The fourth-order valence-electron chi connectivity index (χ4n) is 2.68. The zero-order chi connectivity index (χ0) is 11.9. The minimum atomic E-state index is -0.663. The highest BCUT2D eigenvalue weighted by Gasteiger charge is 2.31. The monoisotopic (exact) mass is 227 g/mol. The van der Waals surface area contributed by atoms with Crippen molar-refractivity contribution in [3.05, 3.63) is 0 Å². The molecule has 0 aromatic carbocycles. The van der Waals surface area contributed by atoms with Crippen molar-refractivity contribution < 1.29 is 9.90 Å². The number of hydrogen-bond donors (Lipinski definition) is 2. The summed E-state index contributed by atoms with van der Waals surface area (Å²) >= 11 is 0. The van der Waals surface area contributed by atoms with Crippen LogP contribution in [0, 0.1) is 0 Å². The number of aliphatic carboxylic acids is 1. The lowest BCUT2D eigenvalue weighted by atomic mass is 9.81. The van der Waals surface area contributed by atoms with Crippen LogP contribution in [0.15, 0.2) is 0 Å². The van der Waals surface area contributed by atoms with Crippen LogP contribution in [0.4, 0.5) is 0 Å². The van der Waals surface area contributed by atoms with E-state index in [9.17, 15) is 4.79 Å². The molecule has 0 saturated heterocycles. The van der Waals surface area contributed by atoms with E-state index >= 15 is 0 Å². The van der Waals surface area contributed by atoms with Crippen LogP contribution < -0.4 is 5.32 Å². The van der Waals surface area contributed by atoms with Gasteiger partial charge in [0, 0.05) is 5.54 Å². The molecule has 0 spiro atoms. The van der Waals surface area contributed by atoms with E-state index in [0.717, 1.165) is 25.8 Å². The summed E-state index contributed by atoms with van der Waals surface area (Å²) in [5, 5.41) is 12.6. The zero-order valence-corrected chi connectivity index (χ0v) is 10.4. The van der Waals surface area contributed by atoms with Crippen LogP contribution in [0.25, 0.3) is 0 Å². The Hall–Kier alpha value is -0.570. The molecule has 0 aromatic rings. The summed E-state index contributed by atoms with van der Waals surface area (Å²) in [6, 6.07) is 0. The second-order valence-electron chi connectivity index (χ2n) is 5.05. The van der Waals surface area contributed by atoms with E-state index in [0.29, 0.717) is 0 Å². The van der Waals surface area contributed by atoms with Crippen molar-refractivity contribution >= 4 is 5.97 Å². The number of hydrogen-bond acceptors (Lipinski definition) is 2. The Labute approximate surface area is 98.6 Å². The van der Waals surface area contributed by atoms with Gasteiger partial charge in [-0.3, -0.25) is 4.79 Å². The van der Waals surface area contributed by atoms with Gasteiger partial charge in [0.15, 0.2) is 0 Å². The maximum Gasteiger partial charge on any atom is 0.305 e. The average Bonchev–Trinajstić information content (AvgIpc) is 2.20. The standard InChI is InChI=1S/C13H25NO2/c1-2-10-14-13(11-12(15)16)8-6-4-3-5-7-9-13/h14H,2-11H2,1H3,(H,15,16). The first kappa shape index (κ1) is 13.5. The number of carbonyl (C=O) groups is 1. The van der Waals surface area contributed by atoms with E-state index < -0.39 is 5.97 Å². The summed E-state index contributed by atoms with van der Waals surface area (Å²) in [6.07, 6.45) is 9.59. The lowest BCUT2D eigenvalue weighted by Crippen LogP contribution is -2.47. The molecule has 1 saturated carbocycles. The van der Waals surface area contributed by atoms with Gasteiger partial charge in [0.05, 0.1) is 6.42 Å². The summed E-state index contributed by atoms with van der Waals surface area (Å²) in [5.74, 6) is -0.663. The molecule has 0 aromatic heterocycles. The number of rotatable bonds is 5. The van der Waals surface area contributed by atoms with Gasteiger partial charge >= 0.3 is 5.97 Å². The Morgan fingerprint density at radius 1 is 1.19 bits per heavy atom. The third kappa shape index (κ3) is 4.52. The molecule has 1 aliphatic carbocycles. The second kappa shape index (κ2) is 6.89. The number of carboxylic acid groups (broad SMARTS) is 1. The molecule has 0 heterocycles. The fourth-order valence-corrected chi connectivity index (χ4v) is 2.68. The van der Waals surface area contributed by atoms with Gasteiger partial charge in [-0.05, 0) is 25.8 Å². The van der Waals surface area contributed by atoms with E-state index in [1.807, 2.05) is 0 Å². The van der Waals surface area contributed by atoms with Crippen LogP contribution in [0.3, 0.4) is 0 Å². The Morgan fingerprint density at radius 3 is 2.25 bits per heavy atom. The maximum absolute atomic E-state index is 11.0. The molecule has 1 aliphatic rings. The normalized spacial score (nSPS) is 21.1. The molecule has 0 bridgehead atoms. The highest BCUT2D eigenvalue weighted by atomic mass is 16.4.